The number of nitrogens with one attached hydrogen (secondary N) is 1. The largest absolute Gasteiger partial charge is 0.272 e. The van der Waals surface area contributed by atoms with Crippen molar-refractivity contribution in [3.8, 4) is 0 Å². The highest BCUT2D eigenvalue weighted by Crippen LogP contribution is 2.10. The van der Waals surface area contributed by atoms with Crippen molar-refractivity contribution in [2.45, 2.75) is 38.1 Å². The molecule has 2 rings (SSSR count). The lowest BCUT2D eigenvalue weighted by atomic mass is 10.2. The second kappa shape index (κ2) is 6.87. The zero-order chi connectivity index (χ0) is 15.3. The topological polar surface area (TPSA) is 64.0 Å². The van der Waals surface area contributed by atoms with Gasteiger partial charge in [-0.1, -0.05) is 19.1 Å². The Bertz CT molecular complexity index is 675. The molecule has 0 saturated heterocycles. The molecule has 0 amide bonds. The highest BCUT2D eigenvalue weighted by Gasteiger charge is 2.12. The van der Waals surface area contributed by atoms with Crippen LogP contribution in [0.25, 0.3) is 0 Å². The van der Waals surface area contributed by atoms with Crippen LogP contribution in [0.15, 0.2) is 41.6 Å². The molecule has 0 aliphatic rings. The summed E-state index contributed by atoms with van der Waals surface area (Å²) in [6, 6.07) is 7.00. The van der Waals surface area contributed by atoms with E-state index in [1.165, 1.54) is 0 Å². The lowest BCUT2D eigenvalue weighted by molar-refractivity contribution is 0.553. The van der Waals surface area contributed by atoms with Crippen molar-refractivity contribution < 1.29 is 8.42 Å². The minimum absolute atomic E-state index is 0.314. The van der Waals surface area contributed by atoms with Crippen LogP contribution < -0.4 is 4.72 Å². The molecular formula is C15H21N3O2S. The predicted octanol–water partition coefficient (Wildman–Crippen LogP) is 2.12. The van der Waals surface area contributed by atoms with Crippen molar-refractivity contribution in [1.82, 2.24) is 14.5 Å². The molecule has 114 valence electrons. The summed E-state index contributed by atoms with van der Waals surface area (Å²) < 4.78 is 28.7. The van der Waals surface area contributed by atoms with Crippen LogP contribution >= 0.6 is 0 Å². The fraction of sp³-hybridized carbons (Fsp3) is 0.400. The van der Waals surface area contributed by atoms with E-state index < -0.39 is 10.0 Å². The van der Waals surface area contributed by atoms with Gasteiger partial charge >= 0.3 is 0 Å². The van der Waals surface area contributed by atoms with Crippen molar-refractivity contribution in [2.75, 3.05) is 6.54 Å². The first kappa shape index (κ1) is 15.7. The number of nitrogens with zero attached hydrogens (tertiary/aromatic N) is 2. The first-order valence-corrected chi connectivity index (χ1v) is 8.57. The molecule has 0 aliphatic carbocycles. The standard InChI is InChI=1S/C15H21N3O2S/c1-3-14-5-7-15(8-6-14)21(19,20)17-9-4-10-18-12-13(2)11-16-18/h5-8,11-12,17H,3-4,9-10H2,1-2H3. The Balaban J connectivity index is 1.85. The lowest BCUT2D eigenvalue weighted by Gasteiger charge is -2.07. The summed E-state index contributed by atoms with van der Waals surface area (Å²) >= 11 is 0. The van der Waals surface area contributed by atoms with E-state index in [9.17, 15) is 8.42 Å². The van der Waals surface area contributed by atoms with Crippen molar-refractivity contribution in [3.05, 3.63) is 47.8 Å². The molecule has 1 N–H and O–H groups in total. The van der Waals surface area contributed by atoms with Gasteiger partial charge in [0.15, 0.2) is 0 Å². The second-order valence-corrected chi connectivity index (χ2v) is 6.80. The predicted molar refractivity (Wildman–Crippen MR) is 82.6 cm³/mol. The Morgan fingerprint density at radius 3 is 2.52 bits per heavy atom. The van der Waals surface area contributed by atoms with Gasteiger partial charge in [-0.2, -0.15) is 5.10 Å². The normalized spacial score (nSPS) is 11.7. The smallest absolute Gasteiger partial charge is 0.240 e. The van der Waals surface area contributed by atoms with Crippen LogP contribution in [0, 0.1) is 6.92 Å². The molecule has 0 aliphatic heterocycles. The van der Waals surface area contributed by atoms with E-state index in [2.05, 4.69) is 9.82 Å². The van der Waals surface area contributed by atoms with Crippen molar-refractivity contribution in [3.63, 3.8) is 0 Å². The van der Waals surface area contributed by atoms with Crippen molar-refractivity contribution >= 4 is 10.0 Å². The van der Waals surface area contributed by atoms with E-state index in [1.54, 1.807) is 18.3 Å². The summed E-state index contributed by atoms with van der Waals surface area (Å²) in [5.74, 6) is 0. The monoisotopic (exact) mass is 307 g/mol. The highest BCUT2D eigenvalue weighted by molar-refractivity contribution is 7.89. The number of hydrogen-bond donors (Lipinski definition) is 1. The number of sulfonamides is 1. The summed E-state index contributed by atoms with van der Waals surface area (Å²) in [5, 5.41) is 4.17. The van der Waals surface area contributed by atoms with Gasteiger partial charge in [-0.25, -0.2) is 13.1 Å². The molecule has 0 spiro atoms. The summed E-state index contributed by atoms with van der Waals surface area (Å²) in [6.07, 6.45) is 5.34. The molecule has 5 nitrogen and oxygen atoms in total. The Labute approximate surface area is 126 Å². The van der Waals surface area contributed by atoms with E-state index in [0.29, 0.717) is 24.4 Å². The second-order valence-electron chi connectivity index (χ2n) is 5.03. The fourth-order valence-corrected chi connectivity index (χ4v) is 3.10. The van der Waals surface area contributed by atoms with Gasteiger partial charge in [0.25, 0.3) is 0 Å². The molecule has 1 aromatic carbocycles. The van der Waals surface area contributed by atoms with Crippen LogP contribution in [0.2, 0.25) is 0 Å². The maximum absolute atomic E-state index is 12.1. The van der Waals surface area contributed by atoms with Crippen molar-refractivity contribution in [2.24, 2.45) is 0 Å². The van der Waals surface area contributed by atoms with Gasteiger partial charge in [0.1, 0.15) is 0 Å². The molecule has 0 unspecified atom stereocenters. The summed E-state index contributed by atoms with van der Waals surface area (Å²) in [4.78, 5) is 0.314. The van der Waals surface area contributed by atoms with Gasteiger partial charge in [-0.15, -0.1) is 0 Å². The van der Waals surface area contributed by atoms with E-state index >= 15 is 0 Å². The van der Waals surface area contributed by atoms with Crippen LogP contribution in [0.5, 0.6) is 0 Å². The number of benzene rings is 1. The van der Waals surface area contributed by atoms with Crippen LogP contribution in [0.1, 0.15) is 24.5 Å². The van der Waals surface area contributed by atoms with Crippen LogP contribution in [0.4, 0.5) is 0 Å². The zero-order valence-electron chi connectivity index (χ0n) is 12.4. The number of hydrogen-bond acceptors (Lipinski definition) is 3. The fourth-order valence-electron chi connectivity index (χ4n) is 2.02. The van der Waals surface area contributed by atoms with Gasteiger partial charge in [-0.05, 0) is 43.0 Å². The van der Waals surface area contributed by atoms with Gasteiger partial charge in [0, 0.05) is 19.3 Å². The van der Waals surface area contributed by atoms with E-state index in [-0.39, 0.29) is 0 Å². The Morgan fingerprint density at radius 2 is 1.95 bits per heavy atom. The Kier molecular flexibility index (Phi) is 5.14. The molecule has 0 atom stereocenters. The molecule has 1 aromatic heterocycles. The SMILES string of the molecule is CCc1ccc(S(=O)(=O)NCCCn2cc(C)cn2)cc1. The quantitative estimate of drug-likeness (QED) is 0.797. The van der Waals surface area contributed by atoms with Gasteiger partial charge in [0.2, 0.25) is 10.0 Å². The maximum atomic E-state index is 12.1. The van der Waals surface area contributed by atoms with Crippen molar-refractivity contribution in [1.29, 1.82) is 0 Å². The van der Waals surface area contributed by atoms with Gasteiger partial charge in [-0.3, -0.25) is 4.68 Å². The van der Waals surface area contributed by atoms with Gasteiger partial charge < -0.3 is 0 Å². The summed E-state index contributed by atoms with van der Waals surface area (Å²) in [6.45, 7) is 5.12. The maximum Gasteiger partial charge on any atom is 0.240 e. The third kappa shape index (κ3) is 4.41. The van der Waals surface area contributed by atoms with E-state index in [4.69, 9.17) is 0 Å². The van der Waals surface area contributed by atoms with Crippen LogP contribution in [-0.4, -0.2) is 24.7 Å². The number of aromatic nitrogens is 2. The number of rotatable bonds is 7. The average Bonchev–Trinajstić information content (AvgIpc) is 2.89. The molecule has 1 heterocycles. The highest BCUT2D eigenvalue weighted by atomic mass is 32.2. The summed E-state index contributed by atoms with van der Waals surface area (Å²) in [7, 11) is -3.41. The lowest BCUT2D eigenvalue weighted by Crippen LogP contribution is -2.25. The molecule has 6 heteroatoms. The minimum atomic E-state index is -3.41. The number of aryl methyl sites for hydroxylation is 3. The zero-order valence-corrected chi connectivity index (χ0v) is 13.2. The minimum Gasteiger partial charge on any atom is -0.272 e. The van der Waals surface area contributed by atoms with E-state index in [0.717, 1.165) is 17.5 Å². The molecular weight excluding hydrogens is 286 g/mol. The molecule has 21 heavy (non-hydrogen) atoms. The summed E-state index contributed by atoms with van der Waals surface area (Å²) in [5.41, 5.74) is 2.23. The van der Waals surface area contributed by atoms with Gasteiger partial charge in [0.05, 0.1) is 11.1 Å². The first-order chi connectivity index (χ1) is 10.0. The van der Waals surface area contributed by atoms with Crippen LogP contribution in [0.3, 0.4) is 0 Å². The Hall–Kier alpha value is -1.66. The van der Waals surface area contributed by atoms with Crippen LogP contribution in [-0.2, 0) is 23.0 Å². The third-order valence-corrected chi connectivity index (χ3v) is 4.74. The first-order valence-electron chi connectivity index (χ1n) is 7.09. The molecule has 0 saturated carbocycles. The molecule has 0 fully saturated rings. The molecule has 0 radical (unpaired) electrons. The van der Waals surface area contributed by atoms with E-state index in [1.807, 2.05) is 36.9 Å². The average molecular weight is 307 g/mol. The third-order valence-electron chi connectivity index (χ3n) is 3.26. The molecule has 0 bridgehead atoms. The molecule has 2 aromatic rings. The Morgan fingerprint density at radius 1 is 1.24 bits per heavy atom.